The molecule has 3 N–H and O–H groups in total. The minimum absolute atomic E-state index is 0. The molecule has 85 heavy (non-hydrogen) atoms. The third kappa shape index (κ3) is 57.3. The molecule has 0 aliphatic heterocycles. The molecule has 29 heteroatoms. The number of imidazole rings is 7. The molecule has 0 saturated heterocycles. The van der Waals surface area contributed by atoms with Crippen molar-refractivity contribution >= 4 is 20.2 Å². The van der Waals surface area contributed by atoms with E-state index < -0.39 is 20.2 Å². The van der Waals surface area contributed by atoms with Gasteiger partial charge < -0.3 is 9.66 Å². The first kappa shape index (κ1) is 97.0. The SMILES string of the molecule is CCCCCCCCn1cc[n+](C)c1.CCCCCn1cc[n+](C)c1.CCCn1cc[n+](C)c1.C[n+]1ccn(CCCCS(=O)(=O)O)c1.C[n+]1ccn(CCCCS(=O)(=O)[O-])c1.C[n+]1ccn(CCCO)c1.Cc1[nH]cc[n+]1C.[Y].[Y].[Y].[Y].[Y].[Y]. The predicted molar refractivity (Wildman–Crippen MR) is 305 cm³/mol. The van der Waals surface area contributed by atoms with Gasteiger partial charge >= 0.3 is 0 Å². The third-order valence-electron chi connectivity index (χ3n) is 12.0. The van der Waals surface area contributed by atoms with E-state index in [1.165, 1.54) is 76.6 Å². The Kier molecular flexibility index (Phi) is 68.3. The van der Waals surface area contributed by atoms with Crippen LogP contribution in [0.1, 0.15) is 123 Å². The number of hydrogen-bond donors (Lipinski definition) is 3. The summed E-state index contributed by atoms with van der Waals surface area (Å²) < 4.78 is 86.8. The van der Waals surface area contributed by atoms with Gasteiger partial charge in [-0.15, -0.1) is 0 Å². The van der Waals surface area contributed by atoms with Crippen molar-refractivity contribution in [2.45, 2.75) is 163 Å². The Morgan fingerprint density at radius 1 is 0.412 bits per heavy atom. The van der Waals surface area contributed by atoms with E-state index in [0.717, 1.165) is 45.6 Å². The van der Waals surface area contributed by atoms with Gasteiger partial charge in [0, 0.05) is 222 Å². The molecule has 6 radical (unpaired) electrons. The van der Waals surface area contributed by atoms with Crippen LogP contribution in [0.4, 0.5) is 0 Å². The Morgan fingerprint density at radius 3 is 0.941 bits per heavy atom. The maximum absolute atomic E-state index is 10.4. The zero-order valence-electron chi connectivity index (χ0n) is 53.5. The Balaban J connectivity index is -0.000000214. The Morgan fingerprint density at radius 2 is 0.694 bits per heavy atom. The first-order valence-electron chi connectivity index (χ1n) is 28.1. The fourth-order valence-corrected chi connectivity index (χ4v) is 8.70. The van der Waals surface area contributed by atoms with Crippen LogP contribution in [0.25, 0.3) is 0 Å². The normalized spacial score (nSPS) is 10.0. The number of aromatic amines is 1. The van der Waals surface area contributed by atoms with Gasteiger partial charge in [-0.1, -0.05) is 52.9 Å². The van der Waals surface area contributed by atoms with Crippen LogP contribution in [0.15, 0.2) is 125 Å². The van der Waals surface area contributed by atoms with Gasteiger partial charge in [0.05, 0.1) is 104 Å². The number of H-pyrrole nitrogens is 1. The average molecular weight is 1680 g/mol. The van der Waals surface area contributed by atoms with Gasteiger partial charge in [0.2, 0.25) is 38.0 Å². The molecule has 7 aromatic rings. The monoisotopic (exact) mass is 1680 g/mol. The quantitative estimate of drug-likeness (QED) is 0.0406. The second-order valence-corrected chi connectivity index (χ2v) is 23.2. The number of aliphatic hydroxyl groups excluding tert-OH is 1. The van der Waals surface area contributed by atoms with Gasteiger partial charge in [-0.2, -0.15) is 8.42 Å². The smallest absolute Gasteiger partial charge is 0.264 e. The summed E-state index contributed by atoms with van der Waals surface area (Å²) in [6.07, 6.45) is 56.9. The zero-order valence-corrected chi connectivity index (χ0v) is 72.2. The van der Waals surface area contributed by atoms with Crippen LogP contribution in [0.3, 0.4) is 0 Å². The van der Waals surface area contributed by atoms with Crippen molar-refractivity contribution in [3.63, 3.8) is 0 Å². The number of hydrogen-bond acceptors (Lipinski definition) is 6. The van der Waals surface area contributed by atoms with Gasteiger partial charge in [-0.3, -0.25) is 4.55 Å². The topological polar surface area (TPSA) is 204 Å². The third-order valence-corrected chi connectivity index (χ3v) is 13.6. The molecule has 21 nitrogen and oxygen atoms in total. The van der Waals surface area contributed by atoms with Crippen molar-refractivity contribution in [3.8, 4) is 0 Å². The number of aliphatic hydroxyl groups is 1. The van der Waals surface area contributed by atoms with Crippen LogP contribution in [0.5, 0.6) is 0 Å². The summed E-state index contributed by atoms with van der Waals surface area (Å²) in [6.45, 7) is 14.9. The number of aromatic nitrogens is 14. The molecule has 0 aliphatic rings. The van der Waals surface area contributed by atoms with E-state index in [4.69, 9.17) is 9.66 Å². The van der Waals surface area contributed by atoms with Crippen molar-refractivity contribution in [1.29, 1.82) is 0 Å². The number of nitrogens with one attached hydrogen (secondary N) is 1. The Bertz CT molecular complexity index is 2720. The number of rotatable bonds is 26. The molecule has 0 bridgehead atoms. The Labute approximate surface area is 663 Å². The number of unbranched alkanes of at least 4 members (excludes halogenated alkanes) is 9. The van der Waals surface area contributed by atoms with Gasteiger partial charge in [0.25, 0.3) is 15.9 Å². The van der Waals surface area contributed by atoms with E-state index in [2.05, 4.69) is 128 Å². The zero-order chi connectivity index (χ0) is 58.9. The van der Waals surface area contributed by atoms with Gasteiger partial charge in [0.1, 0.15) is 86.8 Å². The number of nitrogens with zero attached hydrogens (tertiary/aromatic N) is 13. The second-order valence-electron chi connectivity index (χ2n) is 20.1. The fourth-order valence-electron chi connectivity index (χ4n) is 7.57. The van der Waals surface area contributed by atoms with Crippen molar-refractivity contribution in [1.82, 2.24) is 32.4 Å². The summed E-state index contributed by atoms with van der Waals surface area (Å²) in [7, 11) is 6.16. The minimum Gasteiger partial charge on any atom is -0.748 e. The van der Waals surface area contributed by atoms with Crippen LogP contribution < -0.4 is 32.0 Å². The van der Waals surface area contributed by atoms with E-state index >= 15 is 0 Å². The molecule has 7 aromatic heterocycles. The van der Waals surface area contributed by atoms with Crippen molar-refractivity contribution in [2.75, 3.05) is 18.1 Å². The molecule has 464 valence electrons. The van der Waals surface area contributed by atoms with Crippen molar-refractivity contribution in [2.24, 2.45) is 49.3 Å². The molecule has 0 aromatic carbocycles. The van der Waals surface area contributed by atoms with Crippen LogP contribution in [-0.2, 0) is 305 Å². The molecule has 0 atom stereocenters. The summed E-state index contributed by atoms with van der Waals surface area (Å²) >= 11 is 0. The summed E-state index contributed by atoms with van der Waals surface area (Å²) in [6, 6.07) is 0. The van der Waals surface area contributed by atoms with Gasteiger partial charge in [-0.25, -0.2) is 72.8 Å². The molecule has 0 amide bonds. The van der Waals surface area contributed by atoms with E-state index in [1.807, 2.05) is 138 Å². The van der Waals surface area contributed by atoms with E-state index in [-0.39, 0.29) is 214 Å². The van der Waals surface area contributed by atoms with Gasteiger partial charge in [-0.05, 0) is 57.8 Å². The summed E-state index contributed by atoms with van der Waals surface area (Å²) in [5.74, 6) is 0.765. The van der Waals surface area contributed by atoms with E-state index in [1.54, 1.807) is 0 Å². The first-order valence-corrected chi connectivity index (χ1v) is 31.3. The molecule has 7 heterocycles. The summed E-state index contributed by atoms with van der Waals surface area (Å²) in [4.78, 5) is 3.03. The maximum Gasteiger partial charge on any atom is 0.264 e. The molecule has 0 spiro atoms. The number of aryl methyl sites for hydroxylation is 14. The van der Waals surface area contributed by atoms with Gasteiger partial charge in [0.15, 0.2) is 0 Å². The van der Waals surface area contributed by atoms with Crippen LogP contribution in [0.2, 0.25) is 0 Å². The van der Waals surface area contributed by atoms with Crippen LogP contribution in [0, 0.1) is 6.92 Å². The van der Waals surface area contributed by atoms with E-state index in [0.29, 0.717) is 19.3 Å². The first-order chi connectivity index (χ1) is 37.6. The maximum atomic E-state index is 10.4. The molecular formula is C56H104N14O7S2Y6+6. The van der Waals surface area contributed by atoms with E-state index in [9.17, 15) is 21.4 Å². The van der Waals surface area contributed by atoms with Crippen molar-refractivity contribution < 1.29 is 259 Å². The second kappa shape index (κ2) is 59.9. The average Bonchev–Trinajstić information content (AvgIpc) is 4.29. The molecule has 0 saturated carbocycles. The fraction of sp³-hybridized carbons (Fsp3) is 0.625. The van der Waals surface area contributed by atoms with Crippen molar-refractivity contribution in [3.05, 3.63) is 131 Å². The molecule has 7 rings (SSSR count). The van der Waals surface area contributed by atoms with Crippen LogP contribution in [-0.4, -0.2) is 81.5 Å². The standard InChI is InChI=1S/C12H23N2.C9H17N2.2C8H14N2O3S.C7H13N2O.C7H13N2.C5H8N2.6Y/c1-3-4-5-6-7-8-9-14-11-10-13(2)12-14;1-3-4-5-6-11-8-7-10(2)9-11;2*1-9-5-6-10(8-9)4-2-3-7-14(11,12)13;1-8-4-5-9(7-8)3-2-6-10;1-3-4-9-6-5-8(2)7-9;1-5-6-3-4-7(5)2;;;;;;/h10-12H,3-9H2,1-2H3;7-9H,3-6H2,1-2H3;2*5-6,8H,2-4,7H2,1H3;4-5,7,10H,2-3,6H2,1H3;5-7H,3-4H2,1-2H3;3-4H,1-2H3;;;;;;/q2*+1;;;2*+1;;;;;;;/p+2. The molecule has 0 aliphatic carbocycles. The van der Waals surface area contributed by atoms with Crippen LogP contribution >= 0.6 is 0 Å². The largest absolute Gasteiger partial charge is 0.748 e. The predicted octanol–water partition coefficient (Wildman–Crippen LogP) is 4.34. The summed E-state index contributed by atoms with van der Waals surface area (Å²) in [5, 5.41) is 8.51. The molecule has 0 fully saturated rings. The minimum atomic E-state index is -4.04. The Hall–Kier alpha value is 0.873. The molecule has 0 unspecified atom stereocenters. The molecular weight excluding hydrogens is 1580 g/mol. The summed E-state index contributed by atoms with van der Waals surface area (Å²) in [5.41, 5.74) is 0.